The van der Waals surface area contributed by atoms with Crippen LogP contribution in [0.15, 0.2) is 54.4 Å². The fraction of sp³-hybridized carbons (Fsp3) is 0.235. The van der Waals surface area contributed by atoms with E-state index >= 15 is 0 Å². The molecule has 0 unspecified atom stereocenters. The normalized spacial score (nSPS) is 10.2. The first-order valence-electron chi connectivity index (χ1n) is 7.09. The van der Waals surface area contributed by atoms with Gasteiger partial charge in [-0.2, -0.15) is 0 Å². The van der Waals surface area contributed by atoms with Crippen molar-refractivity contribution < 1.29 is 9.18 Å². The second-order valence-electron chi connectivity index (χ2n) is 4.86. The molecule has 116 valence electrons. The Balaban J connectivity index is 1.84. The van der Waals surface area contributed by atoms with Crippen molar-refractivity contribution in [2.75, 3.05) is 13.1 Å². The summed E-state index contributed by atoms with van der Waals surface area (Å²) in [6.45, 7) is 5.22. The largest absolute Gasteiger partial charge is 0.338 e. The third-order valence-corrected chi connectivity index (χ3v) is 4.00. The summed E-state index contributed by atoms with van der Waals surface area (Å²) in [5.41, 5.74) is 0.869. The van der Waals surface area contributed by atoms with Gasteiger partial charge in [0.1, 0.15) is 5.82 Å². The standard InChI is InChI=1S/C17H19FN2OS/c1-2-10-20(13-16-7-4-11-22-16)17(21)19-9-8-14-5-3-6-15(18)12-14/h2-7,11-12H,1,8-10,13H2,(H,19,21). The Morgan fingerprint density at radius 3 is 2.91 bits per heavy atom. The fourth-order valence-corrected chi connectivity index (χ4v) is 2.80. The lowest BCUT2D eigenvalue weighted by Crippen LogP contribution is -2.40. The van der Waals surface area contributed by atoms with E-state index in [2.05, 4.69) is 11.9 Å². The molecule has 0 radical (unpaired) electrons. The minimum atomic E-state index is -0.255. The van der Waals surface area contributed by atoms with Gasteiger partial charge in [-0.3, -0.25) is 0 Å². The van der Waals surface area contributed by atoms with Crippen LogP contribution in [0.4, 0.5) is 9.18 Å². The molecule has 2 amide bonds. The van der Waals surface area contributed by atoms with Crippen LogP contribution in [0.1, 0.15) is 10.4 Å². The van der Waals surface area contributed by atoms with Crippen LogP contribution in [0, 0.1) is 5.82 Å². The summed E-state index contributed by atoms with van der Waals surface area (Å²) in [7, 11) is 0. The Morgan fingerprint density at radius 1 is 1.36 bits per heavy atom. The quantitative estimate of drug-likeness (QED) is 0.773. The van der Waals surface area contributed by atoms with Crippen LogP contribution in [0.5, 0.6) is 0 Å². The maximum Gasteiger partial charge on any atom is 0.318 e. The van der Waals surface area contributed by atoms with Crippen molar-refractivity contribution in [3.05, 3.63) is 70.7 Å². The highest BCUT2D eigenvalue weighted by atomic mass is 32.1. The number of thiophene rings is 1. The Morgan fingerprint density at radius 2 is 2.23 bits per heavy atom. The number of urea groups is 1. The molecule has 2 rings (SSSR count). The molecule has 0 aliphatic carbocycles. The number of rotatable bonds is 7. The van der Waals surface area contributed by atoms with Crippen molar-refractivity contribution in [2.24, 2.45) is 0 Å². The van der Waals surface area contributed by atoms with E-state index in [1.807, 2.05) is 23.6 Å². The monoisotopic (exact) mass is 318 g/mol. The topological polar surface area (TPSA) is 32.3 Å². The highest BCUT2D eigenvalue weighted by Crippen LogP contribution is 2.12. The first-order valence-corrected chi connectivity index (χ1v) is 7.97. The maximum absolute atomic E-state index is 13.1. The van der Waals surface area contributed by atoms with Crippen molar-refractivity contribution in [3.8, 4) is 0 Å². The molecule has 0 saturated carbocycles. The van der Waals surface area contributed by atoms with Crippen molar-refractivity contribution in [2.45, 2.75) is 13.0 Å². The van der Waals surface area contributed by atoms with Gasteiger partial charge < -0.3 is 10.2 Å². The van der Waals surface area contributed by atoms with Gasteiger partial charge in [-0.15, -0.1) is 17.9 Å². The number of hydrogen-bond acceptors (Lipinski definition) is 2. The molecule has 5 heteroatoms. The average molecular weight is 318 g/mol. The molecule has 0 bridgehead atoms. The Kier molecular flexibility index (Phi) is 6.15. The molecule has 1 N–H and O–H groups in total. The van der Waals surface area contributed by atoms with Gasteiger partial charge in [0.05, 0.1) is 6.54 Å². The van der Waals surface area contributed by atoms with Crippen LogP contribution in [-0.4, -0.2) is 24.0 Å². The van der Waals surface area contributed by atoms with Crippen LogP contribution in [0.2, 0.25) is 0 Å². The molecular weight excluding hydrogens is 299 g/mol. The summed E-state index contributed by atoms with van der Waals surface area (Å²) in [4.78, 5) is 15.0. The van der Waals surface area contributed by atoms with Gasteiger partial charge in [-0.25, -0.2) is 9.18 Å². The predicted octanol–water partition coefficient (Wildman–Crippen LogP) is 3.83. The molecule has 1 heterocycles. The Labute approximate surface area is 134 Å². The SMILES string of the molecule is C=CCN(Cc1cccs1)C(=O)NCCc1cccc(F)c1. The number of carbonyl (C=O) groups is 1. The van der Waals surface area contributed by atoms with Gasteiger partial charge in [0.2, 0.25) is 0 Å². The van der Waals surface area contributed by atoms with Gasteiger partial charge in [-0.1, -0.05) is 24.3 Å². The number of amides is 2. The molecule has 1 aromatic heterocycles. The summed E-state index contributed by atoms with van der Waals surface area (Å²) < 4.78 is 13.1. The third-order valence-electron chi connectivity index (χ3n) is 3.14. The molecule has 0 aliphatic rings. The molecule has 0 atom stereocenters. The molecule has 2 aromatic rings. The lowest BCUT2D eigenvalue weighted by molar-refractivity contribution is 0.201. The zero-order valence-electron chi connectivity index (χ0n) is 12.3. The van der Waals surface area contributed by atoms with Gasteiger partial charge in [0.25, 0.3) is 0 Å². The molecule has 0 saturated heterocycles. The van der Waals surface area contributed by atoms with Crippen LogP contribution < -0.4 is 5.32 Å². The van der Waals surface area contributed by atoms with E-state index in [1.165, 1.54) is 12.1 Å². The fourth-order valence-electron chi connectivity index (χ4n) is 2.08. The molecule has 3 nitrogen and oxygen atoms in total. The van der Waals surface area contributed by atoms with Crippen molar-refractivity contribution in [3.63, 3.8) is 0 Å². The zero-order chi connectivity index (χ0) is 15.8. The highest BCUT2D eigenvalue weighted by molar-refractivity contribution is 7.09. The van der Waals surface area contributed by atoms with E-state index in [0.717, 1.165) is 10.4 Å². The van der Waals surface area contributed by atoms with Crippen molar-refractivity contribution in [1.29, 1.82) is 0 Å². The van der Waals surface area contributed by atoms with Gasteiger partial charge in [0, 0.05) is 18.0 Å². The lowest BCUT2D eigenvalue weighted by Gasteiger charge is -2.21. The number of halogens is 1. The zero-order valence-corrected chi connectivity index (χ0v) is 13.1. The number of hydrogen-bond donors (Lipinski definition) is 1. The van der Waals surface area contributed by atoms with E-state index in [-0.39, 0.29) is 11.8 Å². The summed E-state index contributed by atoms with van der Waals surface area (Å²) >= 11 is 1.62. The van der Waals surface area contributed by atoms with Crippen LogP contribution >= 0.6 is 11.3 Å². The van der Waals surface area contributed by atoms with E-state index in [1.54, 1.807) is 28.4 Å². The predicted molar refractivity (Wildman–Crippen MR) is 88.4 cm³/mol. The lowest BCUT2D eigenvalue weighted by atomic mass is 10.1. The van der Waals surface area contributed by atoms with Crippen LogP contribution in [0.25, 0.3) is 0 Å². The summed E-state index contributed by atoms with van der Waals surface area (Å²) in [6.07, 6.45) is 2.31. The van der Waals surface area contributed by atoms with E-state index in [9.17, 15) is 9.18 Å². The first-order chi connectivity index (χ1) is 10.7. The second-order valence-corrected chi connectivity index (χ2v) is 5.89. The molecule has 22 heavy (non-hydrogen) atoms. The molecule has 0 aliphatic heterocycles. The minimum absolute atomic E-state index is 0.135. The minimum Gasteiger partial charge on any atom is -0.338 e. The highest BCUT2D eigenvalue weighted by Gasteiger charge is 2.12. The van der Waals surface area contributed by atoms with Crippen molar-refractivity contribution in [1.82, 2.24) is 10.2 Å². The second kappa shape index (κ2) is 8.34. The molecule has 0 fully saturated rings. The van der Waals surface area contributed by atoms with Crippen LogP contribution in [0.3, 0.4) is 0 Å². The van der Waals surface area contributed by atoms with Crippen molar-refractivity contribution >= 4 is 17.4 Å². The molecular formula is C17H19FN2OS. The number of nitrogens with one attached hydrogen (secondary N) is 1. The smallest absolute Gasteiger partial charge is 0.318 e. The van der Waals surface area contributed by atoms with E-state index < -0.39 is 0 Å². The number of carbonyl (C=O) groups excluding carboxylic acids is 1. The summed E-state index contributed by atoms with van der Waals surface area (Å²) in [6, 6.07) is 10.3. The summed E-state index contributed by atoms with van der Waals surface area (Å²) in [5, 5.41) is 4.86. The molecule has 1 aromatic carbocycles. The summed E-state index contributed by atoms with van der Waals surface area (Å²) in [5.74, 6) is -0.255. The van der Waals surface area contributed by atoms with Gasteiger partial charge in [-0.05, 0) is 35.6 Å². The van der Waals surface area contributed by atoms with Gasteiger partial charge in [0.15, 0.2) is 0 Å². The third kappa shape index (κ3) is 5.00. The Bertz CT molecular complexity index is 613. The average Bonchev–Trinajstić information content (AvgIpc) is 3.00. The first kappa shape index (κ1) is 16.2. The Hall–Kier alpha value is -2.14. The maximum atomic E-state index is 13.1. The molecule has 0 spiro atoms. The van der Waals surface area contributed by atoms with E-state index in [0.29, 0.717) is 26.1 Å². The van der Waals surface area contributed by atoms with Gasteiger partial charge >= 0.3 is 6.03 Å². The van der Waals surface area contributed by atoms with E-state index in [4.69, 9.17) is 0 Å². The van der Waals surface area contributed by atoms with Crippen LogP contribution in [-0.2, 0) is 13.0 Å². The number of nitrogens with zero attached hydrogens (tertiary/aromatic N) is 1. The number of benzene rings is 1.